The van der Waals surface area contributed by atoms with Gasteiger partial charge in [-0.2, -0.15) is 5.43 Å². The van der Waals surface area contributed by atoms with Crippen LogP contribution >= 0.6 is 0 Å². The fourth-order valence-corrected chi connectivity index (χ4v) is 1.20. The number of nitrogens with two attached hydrogens (primary N) is 1. The molecule has 0 aliphatic carbocycles. The smallest absolute Gasteiger partial charge is 0.169 e. The van der Waals surface area contributed by atoms with E-state index in [1.165, 1.54) is 0 Å². The Labute approximate surface area is 150 Å². The van der Waals surface area contributed by atoms with Crippen LogP contribution in [0, 0.1) is 26.6 Å². The van der Waals surface area contributed by atoms with Gasteiger partial charge >= 0.3 is 62.6 Å². The molecule has 24 heavy (non-hydrogen) atoms. The number of nitrogens with zero attached hydrogens (tertiary/aromatic N) is 2. The topological polar surface area (TPSA) is 121 Å². The van der Waals surface area contributed by atoms with E-state index in [0.29, 0.717) is 0 Å². The van der Waals surface area contributed by atoms with Gasteiger partial charge in [0.1, 0.15) is 0 Å². The van der Waals surface area contributed by atoms with E-state index in [4.69, 9.17) is 18.6 Å². The van der Waals surface area contributed by atoms with Gasteiger partial charge in [0.25, 0.3) is 0 Å². The maximum atomic E-state index is 7.50. The molecule has 0 amide bonds. The molecule has 0 saturated carbocycles. The third-order valence-electron chi connectivity index (χ3n) is 1.94. The molecule has 0 aliphatic rings. The Morgan fingerprint density at radius 2 is 1.00 bits per heavy atom. The Balaban J connectivity index is -0.000000196. The minimum absolute atomic E-state index is 0. The molecule has 0 aliphatic heterocycles. The fourth-order valence-electron chi connectivity index (χ4n) is 1.20. The Kier molecular flexibility index (Phi) is 35.2. The zero-order valence-electron chi connectivity index (χ0n) is 12.3. The van der Waals surface area contributed by atoms with Gasteiger partial charge in [0.2, 0.25) is 0 Å². The van der Waals surface area contributed by atoms with Crippen molar-refractivity contribution in [3.63, 3.8) is 0 Å². The van der Waals surface area contributed by atoms with Crippen LogP contribution in [-0.4, -0.2) is 0 Å². The first-order valence-corrected chi connectivity index (χ1v) is 5.61. The summed E-state index contributed by atoms with van der Waals surface area (Å²) in [5.41, 5.74) is 3.66. The third-order valence-corrected chi connectivity index (χ3v) is 1.94. The van der Waals surface area contributed by atoms with Crippen LogP contribution in [0.2, 0.25) is 0 Å². The maximum absolute atomic E-state index is 7.50. The number of hydrogen-bond acceptors (Lipinski definition) is 2. The largest absolute Gasteiger partial charge is 4.00 e. The first kappa shape index (κ1) is 29.5. The predicted molar refractivity (Wildman–Crippen MR) is 74.7 cm³/mol. The van der Waals surface area contributed by atoms with E-state index in [0.717, 1.165) is 11.4 Å². The second kappa shape index (κ2) is 28.6. The standard InChI is InChI=1S/C12H11N3.4CO.Cr/c1-3-7-11(8-4-1)13-15-14-12-9-5-2-6-10-12;4*1-2;/h1-10H,(H,13,14);;;;;/q;;;;;+4/p+1. The predicted octanol–water partition coefficient (Wildman–Crippen LogP) is 2.43. The molecule has 0 unspecified atom stereocenters. The molecule has 7 nitrogen and oxygen atoms in total. The molecule has 0 bridgehead atoms. The van der Waals surface area contributed by atoms with Crippen molar-refractivity contribution in [2.75, 3.05) is 0 Å². The van der Waals surface area contributed by atoms with Gasteiger partial charge in [-0.05, 0) is 12.1 Å². The second-order valence-corrected chi connectivity index (χ2v) is 3.09. The molecule has 2 aromatic carbocycles. The van der Waals surface area contributed by atoms with Crippen LogP contribution in [0.5, 0.6) is 0 Å². The summed E-state index contributed by atoms with van der Waals surface area (Å²) in [6.45, 7) is 18.0. The second-order valence-electron chi connectivity index (χ2n) is 3.09. The van der Waals surface area contributed by atoms with Crippen molar-refractivity contribution in [3.8, 4) is 0 Å². The van der Waals surface area contributed by atoms with E-state index in [1.54, 1.807) is 5.43 Å². The number of rotatable bonds is 3. The van der Waals surface area contributed by atoms with E-state index in [1.807, 2.05) is 60.7 Å². The fraction of sp³-hybridized carbons (Fsp3) is 0. The van der Waals surface area contributed by atoms with Gasteiger partial charge in [-0.15, -0.1) is 5.11 Å². The van der Waals surface area contributed by atoms with Crippen molar-refractivity contribution in [3.05, 3.63) is 87.3 Å². The van der Waals surface area contributed by atoms with Gasteiger partial charge < -0.3 is 0 Å². The molecule has 0 spiro atoms. The molecule has 0 saturated heterocycles. The van der Waals surface area contributed by atoms with Crippen LogP contribution in [-0.2, 0) is 36.0 Å². The quantitative estimate of drug-likeness (QED) is 0.215. The Bertz CT molecular complexity index is 572. The SMILES string of the molecule is [C-]#[O+].[C-]#[O+].[C-]#[O+].[C-]#[O+].[Cr+4].c1ccc(N=N[NH2+]c2ccccc2)cc1. The first-order chi connectivity index (χ1) is 11.4. The van der Waals surface area contributed by atoms with E-state index >= 15 is 0 Å². The van der Waals surface area contributed by atoms with Crippen LogP contribution in [0.4, 0.5) is 11.4 Å². The van der Waals surface area contributed by atoms with E-state index in [2.05, 4.69) is 36.9 Å². The molecule has 0 radical (unpaired) electrons. The Morgan fingerprint density at radius 3 is 1.42 bits per heavy atom. The minimum atomic E-state index is 0. The van der Waals surface area contributed by atoms with Crippen LogP contribution < -0.4 is 5.43 Å². The van der Waals surface area contributed by atoms with Crippen LogP contribution in [0.3, 0.4) is 0 Å². The molecular weight excluding hydrogens is 350 g/mol. The summed E-state index contributed by atoms with van der Waals surface area (Å²) in [5.74, 6) is 0. The summed E-state index contributed by atoms with van der Waals surface area (Å²) >= 11 is 0. The maximum Gasteiger partial charge on any atom is 4.00 e. The molecule has 2 N–H and O–H groups in total. The van der Waals surface area contributed by atoms with Gasteiger partial charge in [0.15, 0.2) is 5.69 Å². The average Bonchev–Trinajstić information content (AvgIpc) is 2.70. The molecule has 0 heterocycles. The van der Waals surface area contributed by atoms with E-state index in [-0.39, 0.29) is 17.4 Å². The third kappa shape index (κ3) is 17.5. The Hall–Kier alpha value is -2.51. The van der Waals surface area contributed by atoms with Crippen molar-refractivity contribution >= 4 is 11.4 Å². The molecule has 116 valence electrons. The minimum Gasteiger partial charge on any atom is -0.169 e. The summed E-state index contributed by atoms with van der Waals surface area (Å²) in [5, 5.41) is 8.08. The normalized spacial score (nSPS) is 7.00. The van der Waals surface area contributed by atoms with Crippen molar-refractivity contribution < 1.29 is 41.4 Å². The summed E-state index contributed by atoms with van der Waals surface area (Å²) in [4.78, 5) is 0. The van der Waals surface area contributed by atoms with Crippen LogP contribution in [0.15, 0.2) is 71.0 Å². The molecule has 0 aromatic heterocycles. The summed E-state index contributed by atoms with van der Waals surface area (Å²) < 4.78 is 30.0. The van der Waals surface area contributed by atoms with Gasteiger partial charge in [0.05, 0.1) is 5.69 Å². The number of benzene rings is 2. The zero-order valence-corrected chi connectivity index (χ0v) is 13.6. The van der Waals surface area contributed by atoms with Crippen molar-refractivity contribution in [2.45, 2.75) is 0 Å². The van der Waals surface area contributed by atoms with Crippen molar-refractivity contribution in [1.29, 1.82) is 0 Å². The molecule has 2 rings (SSSR count). The van der Waals surface area contributed by atoms with E-state index < -0.39 is 0 Å². The average molecular weight is 362 g/mol. The van der Waals surface area contributed by atoms with Gasteiger partial charge in [-0.1, -0.05) is 36.4 Å². The van der Waals surface area contributed by atoms with Gasteiger partial charge in [-0.25, -0.2) is 0 Å². The summed E-state index contributed by atoms with van der Waals surface area (Å²) in [7, 11) is 0. The van der Waals surface area contributed by atoms with Gasteiger partial charge in [0, 0.05) is 17.4 Å². The van der Waals surface area contributed by atoms with Crippen LogP contribution in [0.25, 0.3) is 0 Å². The molecule has 0 atom stereocenters. The zero-order chi connectivity index (χ0) is 18.3. The first-order valence-electron chi connectivity index (χ1n) is 5.61. The number of hydrogen-bond donors (Lipinski definition) is 1. The summed E-state index contributed by atoms with van der Waals surface area (Å²) in [6, 6.07) is 19.6. The Morgan fingerprint density at radius 1 is 0.625 bits per heavy atom. The summed E-state index contributed by atoms with van der Waals surface area (Å²) in [6.07, 6.45) is 0. The monoisotopic (exact) mass is 362 g/mol. The number of quaternary nitrogens is 1. The van der Waals surface area contributed by atoms with Crippen LogP contribution in [0.1, 0.15) is 0 Å². The molecule has 2 aromatic rings. The molecule has 0 fully saturated rings. The van der Waals surface area contributed by atoms with Crippen molar-refractivity contribution in [2.24, 2.45) is 10.3 Å². The molecule has 8 heteroatoms. The van der Waals surface area contributed by atoms with E-state index in [9.17, 15) is 0 Å². The van der Waals surface area contributed by atoms with Crippen molar-refractivity contribution in [1.82, 2.24) is 0 Å². The van der Waals surface area contributed by atoms with Gasteiger partial charge in [-0.3, -0.25) is 0 Å². The molecular formula is C16H12CrN3O4+5.